The van der Waals surface area contributed by atoms with Crippen LogP contribution in [0.3, 0.4) is 0 Å². The molecule has 0 aliphatic heterocycles. The average Bonchev–Trinajstić information content (AvgIpc) is 3.15. The predicted octanol–water partition coefficient (Wildman–Crippen LogP) is 9.22. The van der Waals surface area contributed by atoms with Crippen LogP contribution >= 0.6 is 0 Å². The molecule has 0 bridgehead atoms. The van der Waals surface area contributed by atoms with Gasteiger partial charge in [0.25, 0.3) is 0 Å². The van der Waals surface area contributed by atoms with E-state index in [1.807, 2.05) is 24.3 Å². The molecular weight excluding hydrogens is 448 g/mol. The maximum absolute atomic E-state index is 5.84. The van der Waals surface area contributed by atoms with Gasteiger partial charge in [-0.15, -0.1) is 0 Å². The Morgan fingerprint density at radius 1 is 0.541 bits per heavy atom. The second kappa shape index (κ2) is 9.15. The fraction of sp³-hybridized carbons (Fsp3) is 0.0857. The molecule has 0 fully saturated rings. The van der Waals surface area contributed by atoms with E-state index in [4.69, 9.17) is 5.73 Å². The molecule has 0 atom stereocenters. The van der Waals surface area contributed by atoms with Crippen molar-refractivity contribution in [3.8, 4) is 11.1 Å². The standard InChI is InChI=1S/C35H30N2/c1-35(2)33-23-26(14-13-25-15-18-27(36)19-16-25)17-21-31(33)32-22-20-30(24-34(32)35)37(28-9-5-3-6-10-28)29-11-7-4-8-12-29/h3-24H,36H2,1-2H3. The Morgan fingerprint density at radius 3 is 1.68 bits per heavy atom. The van der Waals surface area contributed by atoms with Gasteiger partial charge in [0.2, 0.25) is 0 Å². The number of benzene rings is 5. The van der Waals surface area contributed by atoms with Crippen LogP contribution < -0.4 is 10.6 Å². The van der Waals surface area contributed by atoms with Gasteiger partial charge in [0.1, 0.15) is 0 Å². The number of nitrogen functional groups attached to an aromatic ring is 1. The molecular formula is C35H30N2. The van der Waals surface area contributed by atoms with E-state index in [2.05, 4.69) is 128 Å². The quantitative estimate of drug-likeness (QED) is 0.201. The molecule has 0 unspecified atom stereocenters. The van der Waals surface area contributed by atoms with E-state index in [1.165, 1.54) is 33.5 Å². The van der Waals surface area contributed by atoms with Crippen LogP contribution in [0.1, 0.15) is 36.1 Å². The van der Waals surface area contributed by atoms with Gasteiger partial charge in [-0.25, -0.2) is 0 Å². The van der Waals surface area contributed by atoms with Crippen molar-refractivity contribution in [2.75, 3.05) is 10.6 Å². The fourth-order valence-corrected chi connectivity index (χ4v) is 5.39. The number of fused-ring (bicyclic) bond motifs is 3. The third-order valence-electron chi connectivity index (χ3n) is 7.38. The molecule has 0 amide bonds. The van der Waals surface area contributed by atoms with E-state index < -0.39 is 0 Å². The van der Waals surface area contributed by atoms with Crippen molar-refractivity contribution in [1.29, 1.82) is 0 Å². The summed E-state index contributed by atoms with van der Waals surface area (Å²) in [6.45, 7) is 4.68. The summed E-state index contributed by atoms with van der Waals surface area (Å²) in [7, 11) is 0. The molecule has 5 aromatic rings. The van der Waals surface area contributed by atoms with Crippen LogP contribution in [-0.4, -0.2) is 0 Å². The maximum atomic E-state index is 5.84. The molecule has 0 radical (unpaired) electrons. The summed E-state index contributed by atoms with van der Waals surface area (Å²) in [4.78, 5) is 2.33. The van der Waals surface area contributed by atoms with Crippen LogP contribution in [0, 0.1) is 0 Å². The minimum atomic E-state index is -0.106. The molecule has 180 valence electrons. The third-order valence-corrected chi connectivity index (χ3v) is 7.38. The van der Waals surface area contributed by atoms with Crippen molar-refractivity contribution in [2.24, 2.45) is 0 Å². The Hall–Kier alpha value is -4.56. The first-order valence-electron chi connectivity index (χ1n) is 12.7. The highest BCUT2D eigenvalue weighted by Crippen LogP contribution is 2.51. The number of anilines is 4. The Balaban J connectivity index is 1.39. The van der Waals surface area contributed by atoms with Gasteiger partial charge in [0.15, 0.2) is 0 Å². The first-order valence-corrected chi connectivity index (χ1v) is 12.7. The summed E-state index contributed by atoms with van der Waals surface area (Å²) in [6.07, 6.45) is 4.33. The normalized spacial score (nSPS) is 13.4. The highest BCUT2D eigenvalue weighted by Gasteiger charge is 2.36. The first kappa shape index (κ1) is 22.9. The lowest BCUT2D eigenvalue weighted by Gasteiger charge is -2.28. The molecule has 37 heavy (non-hydrogen) atoms. The zero-order valence-corrected chi connectivity index (χ0v) is 21.2. The van der Waals surface area contributed by atoms with Crippen molar-refractivity contribution in [3.05, 3.63) is 144 Å². The average molecular weight is 479 g/mol. The van der Waals surface area contributed by atoms with Crippen LogP contribution in [0.4, 0.5) is 22.7 Å². The molecule has 2 N–H and O–H groups in total. The van der Waals surface area contributed by atoms with Crippen molar-refractivity contribution in [1.82, 2.24) is 0 Å². The summed E-state index contributed by atoms with van der Waals surface area (Å²) in [5, 5.41) is 0. The number of nitrogens with two attached hydrogens (primary N) is 1. The van der Waals surface area contributed by atoms with E-state index >= 15 is 0 Å². The molecule has 1 aliphatic carbocycles. The Bertz CT molecular complexity index is 1540. The Labute approximate surface area is 219 Å². The van der Waals surface area contributed by atoms with Gasteiger partial charge in [-0.05, 0) is 81.9 Å². The minimum absolute atomic E-state index is 0.106. The summed E-state index contributed by atoms with van der Waals surface area (Å²) in [6, 6.07) is 42.9. The molecule has 2 heteroatoms. The number of para-hydroxylation sites is 2. The SMILES string of the molecule is CC1(C)c2cc(C=Cc3ccc(N)cc3)ccc2-c2ccc(N(c3ccccc3)c3ccccc3)cc21. The largest absolute Gasteiger partial charge is 0.399 e. The highest BCUT2D eigenvalue weighted by atomic mass is 15.1. The Morgan fingerprint density at radius 2 is 1.05 bits per heavy atom. The molecule has 0 spiro atoms. The number of hydrogen-bond donors (Lipinski definition) is 1. The Kier molecular flexibility index (Phi) is 5.65. The predicted molar refractivity (Wildman–Crippen MR) is 158 cm³/mol. The molecule has 2 nitrogen and oxygen atoms in total. The molecule has 0 saturated heterocycles. The fourth-order valence-electron chi connectivity index (χ4n) is 5.39. The van der Waals surface area contributed by atoms with Gasteiger partial charge in [0.05, 0.1) is 0 Å². The minimum Gasteiger partial charge on any atom is -0.399 e. The summed E-state index contributed by atoms with van der Waals surface area (Å²) in [5.74, 6) is 0. The highest BCUT2D eigenvalue weighted by molar-refractivity contribution is 5.86. The van der Waals surface area contributed by atoms with E-state index in [9.17, 15) is 0 Å². The lowest BCUT2D eigenvalue weighted by Crippen LogP contribution is -2.16. The van der Waals surface area contributed by atoms with Gasteiger partial charge in [-0.3, -0.25) is 0 Å². The maximum Gasteiger partial charge on any atom is 0.0465 e. The molecule has 6 rings (SSSR count). The third kappa shape index (κ3) is 4.21. The zero-order chi connectivity index (χ0) is 25.4. The van der Waals surface area contributed by atoms with Crippen molar-refractivity contribution in [3.63, 3.8) is 0 Å². The monoisotopic (exact) mass is 478 g/mol. The lowest BCUT2D eigenvalue weighted by molar-refractivity contribution is 0.660. The second-order valence-corrected chi connectivity index (χ2v) is 10.2. The molecule has 0 heterocycles. The topological polar surface area (TPSA) is 29.3 Å². The van der Waals surface area contributed by atoms with E-state index in [-0.39, 0.29) is 5.41 Å². The van der Waals surface area contributed by atoms with Crippen LogP contribution in [0.25, 0.3) is 23.3 Å². The van der Waals surface area contributed by atoms with Gasteiger partial charge in [-0.1, -0.05) is 98.8 Å². The van der Waals surface area contributed by atoms with Crippen LogP contribution in [-0.2, 0) is 5.41 Å². The zero-order valence-electron chi connectivity index (χ0n) is 21.2. The molecule has 0 saturated carbocycles. The van der Waals surface area contributed by atoms with Crippen molar-refractivity contribution >= 4 is 34.9 Å². The van der Waals surface area contributed by atoms with E-state index in [0.717, 1.165) is 22.6 Å². The van der Waals surface area contributed by atoms with Gasteiger partial charge >= 0.3 is 0 Å². The summed E-state index contributed by atoms with van der Waals surface area (Å²) < 4.78 is 0. The summed E-state index contributed by atoms with van der Waals surface area (Å²) in [5.41, 5.74) is 17.7. The van der Waals surface area contributed by atoms with E-state index in [1.54, 1.807) is 0 Å². The second-order valence-electron chi connectivity index (χ2n) is 10.2. The molecule has 5 aromatic carbocycles. The van der Waals surface area contributed by atoms with Crippen LogP contribution in [0.2, 0.25) is 0 Å². The van der Waals surface area contributed by atoms with Gasteiger partial charge < -0.3 is 10.6 Å². The first-order chi connectivity index (χ1) is 18.0. The van der Waals surface area contributed by atoms with Gasteiger partial charge in [0, 0.05) is 28.2 Å². The van der Waals surface area contributed by atoms with Crippen molar-refractivity contribution in [2.45, 2.75) is 19.3 Å². The smallest absolute Gasteiger partial charge is 0.0465 e. The van der Waals surface area contributed by atoms with Gasteiger partial charge in [-0.2, -0.15) is 0 Å². The number of nitrogens with zero attached hydrogens (tertiary/aromatic N) is 1. The number of rotatable bonds is 5. The summed E-state index contributed by atoms with van der Waals surface area (Å²) >= 11 is 0. The van der Waals surface area contributed by atoms with E-state index in [0.29, 0.717) is 0 Å². The molecule has 1 aliphatic rings. The lowest BCUT2D eigenvalue weighted by atomic mass is 9.81. The number of hydrogen-bond acceptors (Lipinski definition) is 2. The van der Waals surface area contributed by atoms with Crippen molar-refractivity contribution < 1.29 is 0 Å². The van der Waals surface area contributed by atoms with Crippen LogP contribution in [0.15, 0.2) is 121 Å². The molecule has 0 aromatic heterocycles. The van der Waals surface area contributed by atoms with Crippen LogP contribution in [0.5, 0.6) is 0 Å².